The van der Waals surface area contributed by atoms with Gasteiger partial charge in [0.15, 0.2) is 5.17 Å². The predicted octanol–water partition coefficient (Wildman–Crippen LogP) is 6.61. The maximum absolute atomic E-state index is 13.7. The summed E-state index contributed by atoms with van der Waals surface area (Å²) >= 11 is 1.73. The van der Waals surface area contributed by atoms with E-state index in [9.17, 15) is 9.59 Å². The standard InChI is InChI=1S/C30H38N4O3S/c1-5-7-10-21(6-2)28(35)33-24-12-8-11-22(19-24)27-26(20(3)31-30-34(27)17-9-18-38-30)29(36)32-23-13-15-25(37-4)16-14-23/h8,11-16,19,21,27H,5-7,9-10,17-18H2,1-4H3,(H,32,36)(H,33,35). The summed E-state index contributed by atoms with van der Waals surface area (Å²) in [6, 6.07) is 14.9. The molecule has 0 bridgehead atoms. The van der Waals surface area contributed by atoms with Gasteiger partial charge in [-0.2, -0.15) is 0 Å². The van der Waals surface area contributed by atoms with Crippen molar-refractivity contribution < 1.29 is 14.3 Å². The Labute approximate surface area is 230 Å². The lowest BCUT2D eigenvalue weighted by Crippen LogP contribution is -2.43. The highest BCUT2D eigenvalue weighted by atomic mass is 32.2. The number of rotatable bonds is 10. The van der Waals surface area contributed by atoms with Crippen LogP contribution in [0.1, 0.15) is 64.5 Å². The number of thioether (sulfide) groups is 1. The minimum atomic E-state index is -0.299. The van der Waals surface area contributed by atoms with Crippen molar-refractivity contribution in [2.75, 3.05) is 30.0 Å². The Morgan fingerprint density at radius 3 is 2.63 bits per heavy atom. The van der Waals surface area contributed by atoms with Gasteiger partial charge in [0.1, 0.15) is 5.75 Å². The van der Waals surface area contributed by atoms with Gasteiger partial charge < -0.3 is 20.3 Å². The second-order valence-electron chi connectivity index (χ2n) is 9.74. The Balaban J connectivity index is 1.64. The van der Waals surface area contributed by atoms with Crippen LogP contribution < -0.4 is 15.4 Å². The van der Waals surface area contributed by atoms with Crippen LogP contribution in [0.4, 0.5) is 11.4 Å². The Bertz CT molecular complexity index is 1210. The summed E-state index contributed by atoms with van der Waals surface area (Å²) in [5.74, 6) is 1.61. The van der Waals surface area contributed by atoms with Crippen LogP contribution in [0, 0.1) is 5.92 Å². The van der Waals surface area contributed by atoms with Gasteiger partial charge in [0.05, 0.1) is 24.4 Å². The molecule has 2 amide bonds. The number of hydrogen-bond acceptors (Lipinski definition) is 6. The van der Waals surface area contributed by atoms with E-state index in [2.05, 4.69) is 29.4 Å². The number of nitrogens with zero attached hydrogens (tertiary/aromatic N) is 2. The zero-order valence-electron chi connectivity index (χ0n) is 22.8. The molecule has 1 saturated heterocycles. The zero-order valence-corrected chi connectivity index (χ0v) is 23.6. The van der Waals surface area contributed by atoms with Gasteiger partial charge in [0, 0.05) is 29.6 Å². The van der Waals surface area contributed by atoms with E-state index in [1.54, 1.807) is 18.9 Å². The lowest BCUT2D eigenvalue weighted by molar-refractivity contribution is -0.120. The molecule has 2 heterocycles. The molecule has 0 aliphatic carbocycles. The quantitative estimate of drug-likeness (QED) is 0.358. The molecule has 2 N–H and O–H groups in total. The van der Waals surface area contributed by atoms with Crippen molar-refractivity contribution in [2.24, 2.45) is 10.9 Å². The van der Waals surface area contributed by atoms with Crippen molar-refractivity contribution in [3.8, 4) is 5.75 Å². The molecule has 7 nitrogen and oxygen atoms in total. The lowest BCUT2D eigenvalue weighted by atomic mass is 9.93. The number of benzene rings is 2. The number of methoxy groups -OCH3 is 1. The highest BCUT2D eigenvalue weighted by Crippen LogP contribution is 2.40. The molecule has 1 fully saturated rings. The monoisotopic (exact) mass is 534 g/mol. The van der Waals surface area contributed by atoms with Gasteiger partial charge in [-0.3, -0.25) is 9.59 Å². The van der Waals surface area contributed by atoms with Crippen molar-refractivity contribution >= 4 is 40.1 Å². The first-order valence-electron chi connectivity index (χ1n) is 13.5. The van der Waals surface area contributed by atoms with Crippen molar-refractivity contribution in [1.29, 1.82) is 0 Å². The summed E-state index contributed by atoms with van der Waals surface area (Å²) in [5, 5.41) is 7.13. The smallest absolute Gasteiger partial charge is 0.255 e. The molecule has 0 saturated carbocycles. The Morgan fingerprint density at radius 2 is 1.92 bits per heavy atom. The van der Waals surface area contributed by atoms with Gasteiger partial charge in [-0.25, -0.2) is 4.99 Å². The van der Waals surface area contributed by atoms with E-state index in [1.165, 1.54) is 0 Å². The summed E-state index contributed by atoms with van der Waals surface area (Å²) in [4.78, 5) is 33.8. The fourth-order valence-electron chi connectivity index (χ4n) is 4.98. The third kappa shape index (κ3) is 6.41. The number of carbonyl (C=O) groups is 2. The van der Waals surface area contributed by atoms with E-state index in [0.29, 0.717) is 17.0 Å². The van der Waals surface area contributed by atoms with Crippen LogP contribution in [-0.4, -0.2) is 41.3 Å². The molecule has 202 valence electrons. The van der Waals surface area contributed by atoms with Gasteiger partial charge in [0.25, 0.3) is 5.91 Å². The normalized spacial score (nSPS) is 17.8. The Morgan fingerprint density at radius 1 is 1.13 bits per heavy atom. The first kappa shape index (κ1) is 27.8. The van der Waals surface area contributed by atoms with Gasteiger partial charge in [-0.05, 0) is 68.1 Å². The highest BCUT2D eigenvalue weighted by molar-refractivity contribution is 8.13. The second-order valence-corrected chi connectivity index (χ2v) is 10.8. The van der Waals surface area contributed by atoms with Gasteiger partial charge in [0.2, 0.25) is 5.91 Å². The summed E-state index contributed by atoms with van der Waals surface area (Å²) in [6.45, 7) is 6.93. The molecule has 2 aromatic carbocycles. The maximum Gasteiger partial charge on any atom is 0.255 e. The van der Waals surface area contributed by atoms with E-state index >= 15 is 0 Å². The lowest BCUT2D eigenvalue weighted by Gasteiger charge is -2.41. The molecule has 0 aromatic heterocycles. The molecule has 4 rings (SSSR count). The SMILES string of the molecule is CCCCC(CC)C(=O)Nc1cccc(C2C(C(=O)Nc3ccc(OC)cc3)=C(C)N=C3SCCCN32)c1. The fourth-order valence-corrected chi connectivity index (χ4v) is 6.00. The summed E-state index contributed by atoms with van der Waals surface area (Å²) < 4.78 is 5.24. The molecule has 2 aliphatic rings. The third-order valence-corrected chi connectivity index (χ3v) is 8.17. The number of amidine groups is 1. The molecule has 2 atom stereocenters. The molecule has 38 heavy (non-hydrogen) atoms. The van der Waals surface area contributed by atoms with E-state index in [1.807, 2.05) is 55.5 Å². The molecule has 2 aliphatic heterocycles. The maximum atomic E-state index is 13.7. The van der Waals surface area contributed by atoms with Crippen LogP contribution in [0.15, 0.2) is 64.8 Å². The van der Waals surface area contributed by atoms with Crippen LogP contribution in [0.5, 0.6) is 5.75 Å². The van der Waals surface area contributed by atoms with Gasteiger partial charge in [-0.1, -0.05) is 50.6 Å². The first-order valence-corrected chi connectivity index (χ1v) is 14.5. The molecule has 0 radical (unpaired) electrons. The molecule has 2 unspecified atom stereocenters. The summed E-state index contributed by atoms with van der Waals surface area (Å²) in [6.07, 6.45) is 4.84. The van der Waals surface area contributed by atoms with Crippen molar-refractivity contribution in [1.82, 2.24) is 4.90 Å². The van der Waals surface area contributed by atoms with Crippen LogP contribution in [0.2, 0.25) is 0 Å². The number of amides is 2. The third-order valence-electron chi connectivity index (χ3n) is 7.09. The Hall–Kier alpha value is -3.26. The number of hydrogen-bond donors (Lipinski definition) is 2. The average Bonchev–Trinajstić information content (AvgIpc) is 2.93. The minimum Gasteiger partial charge on any atom is -0.497 e. The number of nitrogens with one attached hydrogen (secondary N) is 2. The van der Waals surface area contributed by atoms with Gasteiger partial charge in [-0.15, -0.1) is 0 Å². The van der Waals surface area contributed by atoms with Crippen molar-refractivity contribution in [3.05, 3.63) is 65.4 Å². The molecule has 8 heteroatoms. The Kier molecular flexibility index (Phi) is 9.50. The van der Waals surface area contributed by atoms with Crippen molar-refractivity contribution in [2.45, 2.75) is 58.9 Å². The molecule has 0 spiro atoms. The van der Waals surface area contributed by atoms with Crippen LogP contribution in [0.3, 0.4) is 0 Å². The molecule has 2 aromatic rings. The molecular weight excluding hydrogens is 496 g/mol. The van der Waals surface area contributed by atoms with Crippen LogP contribution in [0.25, 0.3) is 0 Å². The van der Waals surface area contributed by atoms with E-state index in [0.717, 1.165) is 66.6 Å². The minimum absolute atomic E-state index is 0.00140. The van der Waals surface area contributed by atoms with Crippen LogP contribution in [-0.2, 0) is 9.59 Å². The van der Waals surface area contributed by atoms with E-state index in [4.69, 9.17) is 9.73 Å². The number of unbranched alkanes of at least 4 members (excludes halogenated alkanes) is 1. The van der Waals surface area contributed by atoms with E-state index < -0.39 is 0 Å². The number of carbonyl (C=O) groups excluding carboxylic acids is 2. The predicted molar refractivity (Wildman–Crippen MR) is 157 cm³/mol. The topological polar surface area (TPSA) is 83.0 Å². The average molecular weight is 535 g/mol. The largest absolute Gasteiger partial charge is 0.497 e. The number of ether oxygens (including phenoxy) is 1. The second kappa shape index (κ2) is 13.0. The van der Waals surface area contributed by atoms with Gasteiger partial charge >= 0.3 is 0 Å². The first-order chi connectivity index (χ1) is 18.4. The van der Waals surface area contributed by atoms with E-state index in [-0.39, 0.29) is 23.8 Å². The number of fused-ring (bicyclic) bond motifs is 1. The summed E-state index contributed by atoms with van der Waals surface area (Å²) in [5.41, 5.74) is 3.73. The van der Waals surface area contributed by atoms with Crippen molar-refractivity contribution in [3.63, 3.8) is 0 Å². The summed E-state index contributed by atoms with van der Waals surface area (Å²) in [7, 11) is 1.62. The zero-order chi connectivity index (χ0) is 27.1. The van der Waals surface area contributed by atoms with Crippen LogP contribution >= 0.6 is 11.8 Å². The fraction of sp³-hybridized carbons (Fsp3) is 0.433. The number of anilines is 2. The highest BCUT2D eigenvalue weighted by Gasteiger charge is 2.37. The molecular formula is C30H38N4O3S. The number of allylic oxidation sites excluding steroid dienone is 1. The number of aliphatic imine (C=N–C) groups is 1.